The van der Waals surface area contributed by atoms with E-state index in [2.05, 4.69) is 18.2 Å². The Kier molecular flexibility index (Phi) is 20.9. The van der Waals surface area contributed by atoms with Crippen LogP contribution in [-0.4, -0.2) is 19.8 Å². The Morgan fingerprint density at radius 2 is 1.22 bits per heavy atom. The van der Waals surface area contributed by atoms with Gasteiger partial charge < -0.3 is 0 Å². The van der Waals surface area contributed by atoms with Gasteiger partial charge in [0.05, 0.1) is 0 Å². The Hall–Kier alpha value is 1.77. The van der Waals surface area contributed by atoms with E-state index in [0.717, 1.165) is 0 Å². The molecule has 0 fully saturated rings. The number of hydrogen-bond donors (Lipinski definition) is 0. The van der Waals surface area contributed by atoms with E-state index in [9.17, 15) is 0 Å². The fraction of sp³-hybridized carbons (Fsp3) is 0.950. The van der Waals surface area contributed by atoms with E-state index in [1.54, 1.807) is 11.9 Å². The zero-order chi connectivity index (χ0) is 19.4. The van der Waals surface area contributed by atoms with Crippen LogP contribution in [0.1, 0.15) is 104 Å². The summed E-state index contributed by atoms with van der Waals surface area (Å²) in [7, 11) is 7.97. The molecular formula is C20H39NS6. The fourth-order valence-corrected chi connectivity index (χ4v) is 11.3. The van der Waals surface area contributed by atoms with Crippen molar-refractivity contribution in [1.82, 2.24) is 0 Å². The highest BCUT2D eigenvalue weighted by Crippen LogP contribution is 2.50. The predicted molar refractivity (Wildman–Crippen MR) is 142 cm³/mol. The molecule has 1 rings (SSSR count). The molecule has 0 N–H and O–H groups in total. The van der Waals surface area contributed by atoms with Crippen molar-refractivity contribution in [3.8, 4) is 0 Å². The molecule has 0 aromatic heterocycles. The molecule has 1 aliphatic heterocycles. The molecule has 0 amide bonds. The van der Waals surface area contributed by atoms with Crippen LogP contribution in [0.5, 0.6) is 0 Å². The van der Waals surface area contributed by atoms with Crippen molar-refractivity contribution >= 4 is 71.3 Å². The summed E-state index contributed by atoms with van der Waals surface area (Å²) in [6.07, 6.45) is 19.7. The number of nitrogens with zero attached hydrogens (tertiary/aromatic N) is 1. The summed E-state index contributed by atoms with van der Waals surface area (Å²) in [6, 6.07) is 0. The molecule has 1 aliphatic rings. The molecule has 160 valence electrons. The molecule has 1 unspecified atom stereocenters. The first-order valence-electron chi connectivity index (χ1n) is 10.8. The highest BCUT2D eigenvalue weighted by molar-refractivity contribution is 8.88. The fourth-order valence-electron chi connectivity index (χ4n) is 2.72. The summed E-state index contributed by atoms with van der Waals surface area (Å²) in [5, 5.41) is 0. The van der Waals surface area contributed by atoms with Crippen molar-refractivity contribution in [2.45, 2.75) is 108 Å². The van der Waals surface area contributed by atoms with Crippen molar-refractivity contribution in [3.05, 3.63) is 0 Å². The Morgan fingerprint density at radius 1 is 0.704 bits per heavy atom. The minimum absolute atomic E-state index is 0.571. The summed E-state index contributed by atoms with van der Waals surface area (Å²) in [5.74, 6) is 2.57. The second-order valence-electron chi connectivity index (χ2n) is 6.94. The smallest absolute Gasteiger partial charge is 0.150 e. The van der Waals surface area contributed by atoms with E-state index < -0.39 is 0 Å². The van der Waals surface area contributed by atoms with Crippen LogP contribution in [0.3, 0.4) is 0 Å². The Morgan fingerprint density at radius 3 is 1.81 bits per heavy atom. The maximum absolute atomic E-state index is 4.65. The van der Waals surface area contributed by atoms with Gasteiger partial charge in [-0.05, 0) is 23.6 Å². The molecule has 1 atom stereocenters. The predicted octanol–water partition coefficient (Wildman–Crippen LogP) is 10.3. The van der Waals surface area contributed by atoms with Gasteiger partial charge in [0, 0.05) is 23.5 Å². The molecule has 27 heavy (non-hydrogen) atoms. The number of thioether (sulfide) groups is 1. The minimum Gasteiger partial charge on any atom is -0.200 e. The molecule has 1 heterocycles. The topological polar surface area (TPSA) is 12.4 Å². The van der Waals surface area contributed by atoms with Gasteiger partial charge in [-0.25, -0.2) is 0 Å². The molecule has 0 aliphatic carbocycles. The second kappa shape index (κ2) is 21.0. The van der Waals surface area contributed by atoms with Gasteiger partial charge in [-0.2, -0.15) is 4.40 Å². The summed E-state index contributed by atoms with van der Waals surface area (Å²) in [4.78, 5) is 0. The molecular weight excluding hydrogens is 447 g/mol. The van der Waals surface area contributed by atoms with E-state index in [0.29, 0.717) is 3.91 Å². The summed E-state index contributed by atoms with van der Waals surface area (Å²) >= 11 is 3.73. The molecule has 0 saturated carbocycles. The standard InChI is InChI=1S/C20H39NS6/c1-3-5-7-9-11-13-15-17-22-26-19-21-25-20(24-19)27-23-18-16-14-12-10-8-6-4-2/h20H,3-18H2,1-2H3. The molecule has 0 aromatic carbocycles. The van der Waals surface area contributed by atoms with Crippen LogP contribution in [0.4, 0.5) is 0 Å². The lowest BCUT2D eigenvalue weighted by atomic mass is 10.1. The second-order valence-corrected chi connectivity index (χ2v) is 15.0. The molecule has 7 heteroatoms. The third-order valence-corrected chi connectivity index (χ3v) is 13.2. The van der Waals surface area contributed by atoms with Gasteiger partial charge in [0.25, 0.3) is 0 Å². The Balaban J connectivity index is 1.82. The van der Waals surface area contributed by atoms with Gasteiger partial charge in [-0.1, -0.05) is 135 Å². The lowest BCUT2D eigenvalue weighted by Gasteiger charge is -2.06. The van der Waals surface area contributed by atoms with Gasteiger partial charge in [0.2, 0.25) is 0 Å². The molecule has 0 spiro atoms. The normalized spacial score (nSPS) is 16.8. The van der Waals surface area contributed by atoms with Crippen LogP contribution in [-0.2, 0) is 0 Å². The summed E-state index contributed by atoms with van der Waals surface area (Å²) in [6.45, 7) is 4.57. The van der Waals surface area contributed by atoms with Crippen LogP contribution in [0.15, 0.2) is 4.40 Å². The van der Waals surface area contributed by atoms with Gasteiger partial charge in [-0.3, -0.25) is 0 Å². The zero-order valence-corrected chi connectivity index (χ0v) is 22.2. The molecule has 0 aromatic rings. The average Bonchev–Trinajstić information content (AvgIpc) is 3.13. The van der Waals surface area contributed by atoms with Crippen LogP contribution < -0.4 is 0 Å². The number of rotatable bonds is 19. The van der Waals surface area contributed by atoms with Crippen molar-refractivity contribution < 1.29 is 0 Å². The number of hydrogen-bond acceptors (Lipinski definition) is 7. The van der Waals surface area contributed by atoms with Crippen LogP contribution >= 0.6 is 66.9 Å². The summed E-state index contributed by atoms with van der Waals surface area (Å²) in [5.41, 5.74) is 0. The molecule has 0 bridgehead atoms. The highest BCUT2D eigenvalue weighted by Gasteiger charge is 2.22. The summed E-state index contributed by atoms with van der Waals surface area (Å²) < 4.78 is 6.50. The van der Waals surface area contributed by atoms with Crippen molar-refractivity contribution in [3.63, 3.8) is 0 Å². The lowest BCUT2D eigenvalue weighted by molar-refractivity contribution is 0.604. The minimum atomic E-state index is 0.571. The number of unbranched alkanes of at least 4 members (excludes halogenated alkanes) is 12. The van der Waals surface area contributed by atoms with Crippen molar-refractivity contribution in [2.75, 3.05) is 11.5 Å². The zero-order valence-electron chi connectivity index (χ0n) is 17.3. The van der Waals surface area contributed by atoms with E-state index >= 15 is 0 Å². The van der Waals surface area contributed by atoms with Gasteiger partial charge >= 0.3 is 0 Å². The SMILES string of the molecule is CCCCCCCCCSSC1=NSC(SSCCCCCCCCC)S1. The van der Waals surface area contributed by atoms with Gasteiger partial charge in [-0.15, -0.1) is 0 Å². The maximum atomic E-state index is 4.65. The van der Waals surface area contributed by atoms with Crippen LogP contribution in [0.2, 0.25) is 0 Å². The van der Waals surface area contributed by atoms with E-state index in [-0.39, 0.29) is 0 Å². The molecule has 0 radical (unpaired) electrons. The van der Waals surface area contributed by atoms with Crippen LogP contribution in [0, 0.1) is 0 Å². The van der Waals surface area contributed by atoms with Gasteiger partial charge in [0.1, 0.15) is 3.91 Å². The van der Waals surface area contributed by atoms with Crippen molar-refractivity contribution in [1.29, 1.82) is 0 Å². The monoisotopic (exact) mass is 485 g/mol. The van der Waals surface area contributed by atoms with Gasteiger partial charge in [0.15, 0.2) is 4.38 Å². The third kappa shape index (κ3) is 17.2. The lowest BCUT2D eigenvalue weighted by Crippen LogP contribution is -1.86. The Bertz CT molecular complexity index is 353. The Labute approximate surface area is 193 Å². The first-order chi connectivity index (χ1) is 13.4. The third-order valence-electron chi connectivity index (χ3n) is 4.35. The first kappa shape index (κ1) is 26.8. The van der Waals surface area contributed by atoms with Crippen molar-refractivity contribution in [2.24, 2.45) is 4.40 Å². The quantitative estimate of drug-likeness (QED) is 0.102. The van der Waals surface area contributed by atoms with Crippen LogP contribution in [0.25, 0.3) is 0 Å². The molecule has 1 nitrogen and oxygen atoms in total. The van der Waals surface area contributed by atoms with E-state index in [4.69, 9.17) is 0 Å². The first-order valence-corrected chi connectivity index (χ1v) is 17.3. The molecule has 0 saturated heterocycles. The maximum Gasteiger partial charge on any atom is 0.150 e. The van der Waals surface area contributed by atoms with E-state index in [1.165, 1.54) is 106 Å². The average molecular weight is 486 g/mol. The largest absolute Gasteiger partial charge is 0.200 e. The highest BCUT2D eigenvalue weighted by atomic mass is 33.1. The van der Waals surface area contributed by atoms with E-state index in [1.807, 2.05) is 54.9 Å².